The summed E-state index contributed by atoms with van der Waals surface area (Å²) in [7, 11) is 1.63. The average molecular weight is 343 g/mol. The van der Waals surface area contributed by atoms with Gasteiger partial charge in [0.05, 0.1) is 12.2 Å². The lowest BCUT2D eigenvalue weighted by Gasteiger charge is -2.22. The number of methoxy groups -OCH3 is 1. The second-order valence-corrected chi connectivity index (χ2v) is 5.59. The number of amides is 1. The summed E-state index contributed by atoms with van der Waals surface area (Å²) in [6.07, 6.45) is 3.50. The molecule has 1 aliphatic rings. The van der Waals surface area contributed by atoms with E-state index in [4.69, 9.17) is 9.47 Å². The predicted molar refractivity (Wildman–Crippen MR) is 93.6 cm³/mol. The molecular formula is C17H27ClN2O3. The highest BCUT2D eigenvalue weighted by Gasteiger charge is 2.15. The van der Waals surface area contributed by atoms with E-state index in [0.29, 0.717) is 37.0 Å². The van der Waals surface area contributed by atoms with E-state index in [9.17, 15) is 4.79 Å². The molecule has 1 aliphatic heterocycles. The number of hydrogen-bond acceptors (Lipinski definition) is 4. The quantitative estimate of drug-likeness (QED) is 0.711. The van der Waals surface area contributed by atoms with Crippen LogP contribution < -0.4 is 15.4 Å². The summed E-state index contributed by atoms with van der Waals surface area (Å²) in [5.41, 5.74) is 0.584. The second kappa shape index (κ2) is 11.3. The van der Waals surface area contributed by atoms with Crippen molar-refractivity contribution in [3.63, 3.8) is 0 Å². The molecule has 1 aromatic rings. The maximum Gasteiger partial charge on any atom is 0.255 e. The van der Waals surface area contributed by atoms with Crippen molar-refractivity contribution in [3.8, 4) is 5.75 Å². The van der Waals surface area contributed by atoms with Crippen molar-refractivity contribution in [1.82, 2.24) is 10.6 Å². The molecule has 23 heavy (non-hydrogen) atoms. The lowest BCUT2D eigenvalue weighted by molar-refractivity contribution is 0.0943. The Hall–Kier alpha value is -1.30. The van der Waals surface area contributed by atoms with E-state index in [2.05, 4.69) is 10.6 Å². The molecular weight excluding hydrogens is 316 g/mol. The summed E-state index contributed by atoms with van der Waals surface area (Å²) < 4.78 is 10.6. The Bertz CT molecular complexity index is 465. The number of carbonyl (C=O) groups excluding carboxylic acids is 1. The second-order valence-electron chi connectivity index (χ2n) is 5.59. The smallest absolute Gasteiger partial charge is 0.255 e. The van der Waals surface area contributed by atoms with Gasteiger partial charge in [0.2, 0.25) is 0 Å². The zero-order valence-corrected chi connectivity index (χ0v) is 14.5. The third kappa shape index (κ3) is 6.77. The fourth-order valence-corrected chi connectivity index (χ4v) is 2.67. The SMILES string of the molecule is COCCOc1ccccc1C(=O)NCCC1CCCNC1.Cl. The lowest BCUT2D eigenvalue weighted by Crippen LogP contribution is -2.33. The number of nitrogens with one attached hydrogen (secondary N) is 2. The van der Waals surface area contributed by atoms with Crippen LogP contribution in [0.5, 0.6) is 5.75 Å². The van der Waals surface area contributed by atoms with E-state index in [1.165, 1.54) is 12.8 Å². The molecule has 2 rings (SSSR count). The molecule has 1 aromatic carbocycles. The summed E-state index contributed by atoms with van der Waals surface area (Å²) in [5.74, 6) is 1.20. The number of para-hydroxylation sites is 1. The summed E-state index contributed by atoms with van der Waals surface area (Å²) in [6, 6.07) is 7.32. The molecule has 1 heterocycles. The van der Waals surface area contributed by atoms with Crippen molar-refractivity contribution >= 4 is 18.3 Å². The minimum Gasteiger partial charge on any atom is -0.490 e. The van der Waals surface area contributed by atoms with E-state index in [0.717, 1.165) is 19.5 Å². The van der Waals surface area contributed by atoms with Gasteiger partial charge in [-0.05, 0) is 50.4 Å². The first-order valence-electron chi connectivity index (χ1n) is 8.01. The lowest BCUT2D eigenvalue weighted by atomic mass is 9.96. The number of carbonyl (C=O) groups is 1. The zero-order valence-electron chi connectivity index (χ0n) is 13.7. The molecule has 1 amide bonds. The van der Waals surface area contributed by atoms with Gasteiger partial charge in [-0.15, -0.1) is 12.4 Å². The first-order valence-corrected chi connectivity index (χ1v) is 8.01. The van der Waals surface area contributed by atoms with Crippen molar-refractivity contribution in [2.24, 2.45) is 5.92 Å². The highest BCUT2D eigenvalue weighted by Crippen LogP contribution is 2.18. The van der Waals surface area contributed by atoms with E-state index in [1.807, 2.05) is 18.2 Å². The maximum absolute atomic E-state index is 12.3. The number of rotatable bonds is 8. The van der Waals surface area contributed by atoms with Gasteiger partial charge < -0.3 is 20.1 Å². The summed E-state index contributed by atoms with van der Waals surface area (Å²) in [6.45, 7) is 3.83. The van der Waals surface area contributed by atoms with Gasteiger partial charge in [-0.2, -0.15) is 0 Å². The molecule has 2 N–H and O–H groups in total. The minimum absolute atomic E-state index is 0. The van der Waals surface area contributed by atoms with Gasteiger partial charge in [0, 0.05) is 13.7 Å². The number of hydrogen-bond donors (Lipinski definition) is 2. The van der Waals surface area contributed by atoms with Crippen LogP contribution in [0.15, 0.2) is 24.3 Å². The van der Waals surface area contributed by atoms with Gasteiger partial charge in [0.1, 0.15) is 12.4 Å². The summed E-state index contributed by atoms with van der Waals surface area (Å²) in [4.78, 5) is 12.3. The molecule has 0 bridgehead atoms. The van der Waals surface area contributed by atoms with Crippen LogP contribution in [0.3, 0.4) is 0 Å². The Balaban J connectivity index is 0.00000264. The van der Waals surface area contributed by atoms with E-state index >= 15 is 0 Å². The molecule has 0 aliphatic carbocycles. The molecule has 0 radical (unpaired) electrons. The minimum atomic E-state index is -0.0724. The number of benzene rings is 1. The van der Waals surface area contributed by atoms with Crippen molar-refractivity contribution < 1.29 is 14.3 Å². The third-order valence-electron chi connectivity index (χ3n) is 3.91. The van der Waals surface area contributed by atoms with Crippen molar-refractivity contribution in [1.29, 1.82) is 0 Å². The fourth-order valence-electron chi connectivity index (χ4n) is 2.67. The zero-order chi connectivity index (χ0) is 15.6. The number of halogens is 1. The van der Waals surface area contributed by atoms with Crippen LogP contribution >= 0.6 is 12.4 Å². The molecule has 0 saturated carbocycles. The molecule has 1 unspecified atom stereocenters. The molecule has 1 saturated heterocycles. The van der Waals surface area contributed by atoms with Crippen molar-refractivity contribution in [2.45, 2.75) is 19.3 Å². The number of ether oxygens (including phenoxy) is 2. The van der Waals surface area contributed by atoms with Crippen molar-refractivity contribution in [3.05, 3.63) is 29.8 Å². The van der Waals surface area contributed by atoms with Crippen LogP contribution in [0, 0.1) is 5.92 Å². The Morgan fingerprint density at radius 3 is 2.91 bits per heavy atom. The van der Waals surface area contributed by atoms with Gasteiger partial charge in [-0.3, -0.25) is 4.79 Å². The van der Waals surface area contributed by atoms with Crippen LogP contribution in [0.2, 0.25) is 0 Å². The summed E-state index contributed by atoms with van der Waals surface area (Å²) in [5, 5.41) is 6.40. The van der Waals surface area contributed by atoms with Gasteiger partial charge in [0.25, 0.3) is 5.91 Å². The standard InChI is InChI=1S/C17H26N2O3.ClH/c1-21-11-12-22-16-7-3-2-6-15(16)17(20)19-10-8-14-5-4-9-18-13-14;/h2-3,6-7,14,18H,4-5,8-13H2,1H3,(H,19,20);1H. The fraction of sp³-hybridized carbons (Fsp3) is 0.588. The van der Waals surface area contributed by atoms with Gasteiger partial charge in [-0.25, -0.2) is 0 Å². The average Bonchev–Trinajstić information content (AvgIpc) is 2.56. The van der Waals surface area contributed by atoms with Crippen LogP contribution in [-0.2, 0) is 4.74 Å². The predicted octanol–water partition coefficient (Wildman–Crippen LogP) is 2.25. The Kier molecular flexibility index (Phi) is 9.67. The Morgan fingerprint density at radius 1 is 1.35 bits per heavy atom. The summed E-state index contributed by atoms with van der Waals surface area (Å²) >= 11 is 0. The van der Waals surface area contributed by atoms with Crippen LogP contribution in [0.25, 0.3) is 0 Å². The van der Waals surface area contributed by atoms with E-state index in [-0.39, 0.29) is 18.3 Å². The highest BCUT2D eigenvalue weighted by molar-refractivity contribution is 5.96. The van der Waals surface area contributed by atoms with E-state index in [1.54, 1.807) is 13.2 Å². The van der Waals surface area contributed by atoms with Crippen molar-refractivity contribution in [2.75, 3.05) is 40.0 Å². The highest BCUT2D eigenvalue weighted by atomic mass is 35.5. The molecule has 0 aromatic heterocycles. The molecule has 6 heteroatoms. The molecule has 130 valence electrons. The van der Waals surface area contributed by atoms with Gasteiger partial charge in [0.15, 0.2) is 0 Å². The maximum atomic E-state index is 12.3. The van der Waals surface area contributed by atoms with Gasteiger partial charge in [-0.1, -0.05) is 12.1 Å². The molecule has 5 nitrogen and oxygen atoms in total. The topological polar surface area (TPSA) is 59.6 Å². The molecule has 1 fully saturated rings. The largest absolute Gasteiger partial charge is 0.490 e. The molecule has 1 atom stereocenters. The normalized spacial score (nSPS) is 17.2. The number of piperidine rings is 1. The first-order chi connectivity index (χ1) is 10.8. The third-order valence-corrected chi connectivity index (χ3v) is 3.91. The Morgan fingerprint density at radius 2 is 2.17 bits per heavy atom. The van der Waals surface area contributed by atoms with E-state index < -0.39 is 0 Å². The monoisotopic (exact) mass is 342 g/mol. The first kappa shape index (κ1) is 19.7. The van der Waals surface area contributed by atoms with Crippen LogP contribution in [0.4, 0.5) is 0 Å². The molecule has 0 spiro atoms. The Labute approximate surface area is 144 Å². The van der Waals surface area contributed by atoms with Crippen LogP contribution in [0.1, 0.15) is 29.6 Å². The van der Waals surface area contributed by atoms with Crippen LogP contribution in [-0.4, -0.2) is 45.9 Å². The van der Waals surface area contributed by atoms with Gasteiger partial charge >= 0.3 is 0 Å².